The van der Waals surface area contributed by atoms with E-state index in [1.807, 2.05) is 6.92 Å². The fourth-order valence-electron chi connectivity index (χ4n) is 1.29. The number of rotatable bonds is 7. The number of hydrogen-bond donors (Lipinski definition) is 3. The molecule has 0 heterocycles. The summed E-state index contributed by atoms with van der Waals surface area (Å²) >= 11 is 1.61. The first kappa shape index (κ1) is 18.0. The standard InChI is InChI=1S/C12H23NO5S/c1-5-19-7-6-8(9(14)10(15)16)13-11(17)18-12(2,3)4/h8-9,14H,5-7H2,1-4H3,(H,13,17)(H,15,16). The highest BCUT2D eigenvalue weighted by Gasteiger charge is 2.28. The fourth-order valence-corrected chi connectivity index (χ4v) is 2.00. The summed E-state index contributed by atoms with van der Waals surface area (Å²) in [6, 6.07) is -0.855. The number of carboxylic acid groups (broad SMARTS) is 1. The summed E-state index contributed by atoms with van der Waals surface area (Å²) in [4.78, 5) is 22.4. The normalized spacial score (nSPS) is 14.6. The van der Waals surface area contributed by atoms with E-state index in [2.05, 4.69) is 5.32 Å². The Morgan fingerprint density at radius 2 is 1.95 bits per heavy atom. The van der Waals surface area contributed by atoms with Crippen molar-refractivity contribution in [1.82, 2.24) is 5.32 Å². The molecule has 0 radical (unpaired) electrons. The summed E-state index contributed by atoms with van der Waals surface area (Å²) in [6.45, 7) is 7.11. The lowest BCUT2D eigenvalue weighted by Gasteiger charge is -2.25. The van der Waals surface area contributed by atoms with Crippen molar-refractivity contribution in [2.45, 2.75) is 51.9 Å². The number of amides is 1. The Labute approximate surface area is 117 Å². The van der Waals surface area contributed by atoms with Gasteiger partial charge in [0, 0.05) is 0 Å². The first-order valence-corrected chi connectivity index (χ1v) is 7.31. The van der Waals surface area contributed by atoms with E-state index < -0.39 is 29.8 Å². The van der Waals surface area contributed by atoms with Crippen molar-refractivity contribution >= 4 is 23.8 Å². The number of aliphatic hydroxyl groups is 1. The van der Waals surface area contributed by atoms with Crippen LogP contribution in [0.15, 0.2) is 0 Å². The molecule has 0 aromatic carbocycles. The second-order valence-electron chi connectivity index (χ2n) is 5.02. The van der Waals surface area contributed by atoms with Crippen molar-refractivity contribution in [2.75, 3.05) is 11.5 Å². The largest absolute Gasteiger partial charge is 0.479 e. The Morgan fingerprint density at radius 1 is 1.37 bits per heavy atom. The van der Waals surface area contributed by atoms with Crippen LogP contribution in [0.3, 0.4) is 0 Å². The van der Waals surface area contributed by atoms with Gasteiger partial charge in [0.05, 0.1) is 6.04 Å². The molecule has 19 heavy (non-hydrogen) atoms. The van der Waals surface area contributed by atoms with Gasteiger partial charge in [-0.15, -0.1) is 0 Å². The number of ether oxygens (including phenoxy) is 1. The Kier molecular flexibility index (Phi) is 7.85. The van der Waals surface area contributed by atoms with Gasteiger partial charge >= 0.3 is 12.1 Å². The van der Waals surface area contributed by atoms with Crippen LogP contribution in [-0.4, -0.2) is 51.5 Å². The van der Waals surface area contributed by atoms with Crippen LogP contribution in [0.1, 0.15) is 34.1 Å². The monoisotopic (exact) mass is 293 g/mol. The zero-order valence-corrected chi connectivity index (χ0v) is 12.6. The molecule has 3 N–H and O–H groups in total. The third-order valence-electron chi connectivity index (χ3n) is 2.11. The second-order valence-corrected chi connectivity index (χ2v) is 6.42. The second kappa shape index (κ2) is 8.27. The molecule has 6 nitrogen and oxygen atoms in total. The maximum Gasteiger partial charge on any atom is 0.407 e. The van der Waals surface area contributed by atoms with Gasteiger partial charge in [0.25, 0.3) is 0 Å². The maximum atomic E-state index is 11.6. The average Bonchev–Trinajstić information content (AvgIpc) is 2.24. The Hall–Kier alpha value is -0.950. The Morgan fingerprint density at radius 3 is 2.37 bits per heavy atom. The number of aliphatic carboxylic acids is 1. The van der Waals surface area contributed by atoms with E-state index in [4.69, 9.17) is 9.84 Å². The highest BCUT2D eigenvalue weighted by atomic mass is 32.2. The number of aliphatic hydroxyl groups excluding tert-OH is 1. The third-order valence-corrected chi connectivity index (χ3v) is 3.05. The highest BCUT2D eigenvalue weighted by molar-refractivity contribution is 7.99. The van der Waals surface area contributed by atoms with Crippen LogP contribution in [0, 0.1) is 0 Å². The van der Waals surface area contributed by atoms with E-state index in [0.29, 0.717) is 12.2 Å². The van der Waals surface area contributed by atoms with Gasteiger partial charge in [-0.2, -0.15) is 11.8 Å². The molecular formula is C12H23NO5S. The van der Waals surface area contributed by atoms with Crippen LogP contribution in [0.5, 0.6) is 0 Å². The van der Waals surface area contributed by atoms with E-state index in [0.717, 1.165) is 5.75 Å². The van der Waals surface area contributed by atoms with Crippen molar-refractivity contribution in [2.24, 2.45) is 0 Å². The van der Waals surface area contributed by atoms with Crippen LogP contribution in [-0.2, 0) is 9.53 Å². The van der Waals surface area contributed by atoms with Gasteiger partial charge in [-0.3, -0.25) is 0 Å². The quantitative estimate of drug-likeness (QED) is 0.615. The summed E-state index contributed by atoms with van der Waals surface area (Å²) in [5.74, 6) is 0.187. The molecule has 0 fully saturated rings. The number of thioether (sulfide) groups is 1. The van der Waals surface area contributed by atoms with Crippen LogP contribution in [0.4, 0.5) is 4.79 Å². The summed E-state index contributed by atoms with van der Waals surface area (Å²) in [7, 11) is 0. The van der Waals surface area contributed by atoms with Gasteiger partial charge < -0.3 is 20.3 Å². The number of carbonyl (C=O) groups is 2. The molecular weight excluding hydrogens is 270 g/mol. The molecule has 0 aromatic heterocycles. The predicted octanol–water partition coefficient (Wildman–Crippen LogP) is 1.47. The summed E-state index contributed by atoms with van der Waals surface area (Å²) in [5, 5.41) is 20.8. The third kappa shape index (κ3) is 8.72. The Balaban J connectivity index is 4.48. The van der Waals surface area contributed by atoms with Crippen LogP contribution < -0.4 is 5.32 Å². The van der Waals surface area contributed by atoms with Crippen LogP contribution >= 0.6 is 11.8 Å². The SMILES string of the molecule is CCSCCC(NC(=O)OC(C)(C)C)C(O)C(=O)O. The minimum atomic E-state index is -1.63. The molecule has 0 aliphatic heterocycles. The number of hydrogen-bond acceptors (Lipinski definition) is 5. The lowest BCUT2D eigenvalue weighted by molar-refractivity contribution is -0.148. The van der Waals surface area contributed by atoms with E-state index in [1.54, 1.807) is 32.5 Å². The molecule has 0 bridgehead atoms. The van der Waals surface area contributed by atoms with E-state index in [1.165, 1.54) is 0 Å². The van der Waals surface area contributed by atoms with Crippen LogP contribution in [0.25, 0.3) is 0 Å². The lowest BCUT2D eigenvalue weighted by atomic mass is 10.1. The van der Waals surface area contributed by atoms with Crippen molar-refractivity contribution in [3.8, 4) is 0 Å². The van der Waals surface area contributed by atoms with Crippen molar-refractivity contribution in [3.05, 3.63) is 0 Å². The number of nitrogens with one attached hydrogen (secondary N) is 1. The van der Waals surface area contributed by atoms with Crippen molar-refractivity contribution in [1.29, 1.82) is 0 Å². The molecule has 0 spiro atoms. The summed E-state index contributed by atoms with van der Waals surface area (Å²) in [5.41, 5.74) is -0.666. The van der Waals surface area contributed by atoms with E-state index in [9.17, 15) is 14.7 Å². The van der Waals surface area contributed by atoms with Crippen molar-refractivity contribution < 1.29 is 24.5 Å². The molecule has 0 aliphatic rings. The fraction of sp³-hybridized carbons (Fsp3) is 0.833. The average molecular weight is 293 g/mol. The predicted molar refractivity (Wildman–Crippen MR) is 74.4 cm³/mol. The summed E-state index contributed by atoms with van der Waals surface area (Å²) in [6.07, 6.45) is -1.99. The van der Waals surface area contributed by atoms with Crippen molar-refractivity contribution in [3.63, 3.8) is 0 Å². The number of carbonyl (C=O) groups excluding carboxylic acids is 1. The molecule has 112 valence electrons. The molecule has 7 heteroatoms. The minimum absolute atomic E-state index is 0.366. The molecule has 0 rings (SSSR count). The van der Waals surface area contributed by atoms with Gasteiger partial charge in [-0.1, -0.05) is 6.92 Å². The van der Waals surface area contributed by atoms with Gasteiger partial charge in [0.15, 0.2) is 6.10 Å². The lowest BCUT2D eigenvalue weighted by Crippen LogP contribution is -2.48. The van der Waals surface area contributed by atoms with E-state index >= 15 is 0 Å². The van der Waals surface area contributed by atoms with Crippen LogP contribution in [0.2, 0.25) is 0 Å². The topological polar surface area (TPSA) is 95.9 Å². The van der Waals surface area contributed by atoms with E-state index in [-0.39, 0.29) is 0 Å². The number of carboxylic acids is 1. The minimum Gasteiger partial charge on any atom is -0.479 e. The molecule has 1 amide bonds. The number of alkyl carbamates (subject to hydrolysis) is 1. The molecule has 2 atom stereocenters. The Bertz CT molecular complexity index is 303. The first-order chi connectivity index (χ1) is 8.67. The summed E-state index contributed by atoms with van der Waals surface area (Å²) < 4.78 is 5.04. The highest BCUT2D eigenvalue weighted by Crippen LogP contribution is 2.10. The molecule has 0 saturated carbocycles. The first-order valence-electron chi connectivity index (χ1n) is 6.15. The maximum absolute atomic E-state index is 11.6. The van der Waals surface area contributed by atoms with Gasteiger partial charge in [0.2, 0.25) is 0 Å². The smallest absolute Gasteiger partial charge is 0.407 e. The zero-order chi connectivity index (χ0) is 15.1. The molecule has 0 aliphatic carbocycles. The molecule has 0 saturated heterocycles. The van der Waals surface area contributed by atoms with Gasteiger partial charge in [0.1, 0.15) is 5.60 Å². The molecule has 0 aromatic rings. The zero-order valence-electron chi connectivity index (χ0n) is 11.8. The van der Waals surface area contributed by atoms with Gasteiger partial charge in [-0.25, -0.2) is 9.59 Å². The molecule has 2 unspecified atom stereocenters. The van der Waals surface area contributed by atoms with Gasteiger partial charge in [-0.05, 0) is 38.7 Å².